The molecule has 0 heterocycles. The number of rotatable bonds is 1. The molecular weight excluding hydrogens is 194 g/mol. The molecule has 0 N–H and O–H groups in total. The van der Waals surface area contributed by atoms with Crippen LogP contribution in [0.5, 0.6) is 0 Å². The van der Waals surface area contributed by atoms with Crippen LogP contribution in [0.2, 0.25) is 0 Å². The van der Waals surface area contributed by atoms with Gasteiger partial charge >= 0.3 is 0 Å². The first-order chi connectivity index (χ1) is 7.12. The molecule has 0 spiro atoms. The summed E-state index contributed by atoms with van der Waals surface area (Å²) in [6, 6.07) is 4.19. The quantitative estimate of drug-likeness (QED) is 0.613. The first-order valence-electron chi connectivity index (χ1n) is 5.25. The maximum Gasteiger partial charge on any atom is 0.159 e. The molecule has 0 saturated heterocycles. The van der Waals surface area contributed by atoms with E-state index >= 15 is 0 Å². The van der Waals surface area contributed by atoms with Crippen LogP contribution in [-0.4, -0.2) is 0 Å². The third kappa shape index (κ3) is 1.94. The smallest absolute Gasteiger partial charge is 0.159 e. The average Bonchev–Trinajstić information content (AvgIpc) is 2.23. The van der Waals surface area contributed by atoms with Crippen LogP contribution < -0.4 is 0 Å². The maximum atomic E-state index is 13.1. The van der Waals surface area contributed by atoms with Crippen molar-refractivity contribution in [3.05, 3.63) is 47.5 Å². The van der Waals surface area contributed by atoms with Crippen molar-refractivity contribution in [1.29, 1.82) is 0 Å². The number of hydrogen-bond donors (Lipinski definition) is 0. The molecule has 1 atom stereocenters. The second-order valence-electron chi connectivity index (χ2n) is 4.34. The van der Waals surface area contributed by atoms with E-state index in [9.17, 15) is 8.78 Å². The van der Waals surface area contributed by atoms with Crippen LogP contribution >= 0.6 is 0 Å². The average molecular weight is 208 g/mol. The van der Waals surface area contributed by atoms with Gasteiger partial charge < -0.3 is 0 Å². The molecule has 0 aliphatic heterocycles. The Hall–Kier alpha value is -1.18. The van der Waals surface area contributed by atoms with Crippen LogP contribution in [0.1, 0.15) is 31.7 Å². The van der Waals surface area contributed by atoms with E-state index in [-0.39, 0.29) is 5.41 Å². The molecule has 15 heavy (non-hydrogen) atoms. The molecule has 2 heteroatoms. The summed E-state index contributed by atoms with van der Waals surface area (Å²) >= 11 is 0. The van der Waals surface area contributed by atoms with Crippen LogP contribution in [0.25, 0.3) is 0 Å². The van der Waals surface area contributed by atoms with Gasteiger partial charge in [-0.2, -0.15) is 0 Å². The van der Waals surface area contributed by atoms with E-state index in [1.165, 1.54) is 12.1 Å². The van der Waals surface area contributed by atoms with Gasteiger partial charge in [0.2, 0.25) is 0 Å². The Bertz CT molecular complexity index is 396. The molecule has 0 saturated carbocycles. The third-order valence-corrected chi connectivity index (χ3v) is 3.13. The molecule has 1 aliphatic carbocycles. The second kappa shape index (κ2) is 3.76. The number of benzene rings is 1. The Kier molecular flexibility index (Phi) is 2.59. The molecule has 0 bridgehead atoms. The van der Waals surface area contributed by atoms with E-state index in [1.807, 2.05) is 0 Å². The van der Waals surface area contributed by atoms with Gasteiger partial charge in [0.15, 0.2) is 11.6 Å². The van der Waals surface area contributed by atoms with Crippen molar-refractivity contribution in [3.8, 4) is 0 Å². The number of halogens is 2. The van der Waals surface area contributed by atoms with Gasteiger partial charge in [-0.05, 0) is 37.0 Å². The van der Waals surface area contributed by atoms with Crippen molar-refractivity contribution in [2.24, 2.45) is 0 Å². The summed E-state index contributed by atoms with van der Waals surface area (Å²) in [6.45, 7) is 2.06. The monoisotopic (exact) mass is 208 g/mol. The summed E-state index contributed by atoms with van der Waals surface area (Å²) in [5, 5.41) is 0. The van der Waals surface area contributed by atoms with Crippen LogP contribution in [0.15, 0.2) is 30.4 Å². The van der Waals surface area contributed by atoms with E-state index in [0.29, 0.717) is 0 Å². The predicted molar refractivity (Wildman–Crippen MR) is 56.7 cm³/mol. The minimum Gasteiger partial charge on any atom is -0.204 e. The van der Waals surface area contributed by atoms with Crippen molar-refractivity contribution >= 4 is 0 Å². The van der Waals surface area contributed by atoms with Gasteiger partial charge in [-0.1, -0.05) is 25.1 Å². The highest BCUT2D eigenvalue weighted by Crippen LogP contribution is 2.34. The highest BCUT2D eigenvalue weighted by molar-refractivity contribution is 5.31. The zero-order chi connectivity index (χ0) is 10.9. The molecule has 1 aromatic carbocycles. The Labute approximate surface area is 88.6 Å². The summed E-state index contributed by atoms with van der Waals surface area (Å²) in [4.78, 5) is 0. The summed E-state index contributed by atoms with van der Waals surface area (Å²) in [6.07, 6.45) is 7.40. The Morgan fingerprint density at radius 2 is 2.00 bits per heavy atom. The molecule has 0 radical (unpaired) electrons. The van der Waals surface area contributed by atoms with Crippen LogP contribution in [0, 0.1) is 11.6 Å². The van der Waals surface area contributed by atoms with Gasteiger partial charge in [0.25, 0.3) is 0 Å². The van der Waals surface area contributed by atoms with E-state index < -0.39 is 11.6 Å². The zero-order valence-corrected chi connectivity index (χ0v) is 8.76. The molecular formula is C13H14F2. The maximum absolute atomic E-state index is 13.1. The summed E-state index contributed by atoms with van der Waals surface area (Å²) in [5.41, 5.74) is 0.727. The molecule has 1 aliphatic rings. The standard InChI is InChI=1S/C13H14F2/c1-13(7-3-2-4-8-13)10-5-6-11(14)12(15)9-10/h3,5-7,9H,2,4,8H2,1H3/t13-/m0/s1. The third-order valence-electron chi connectivity index (χ3n) is 3.13. The Morgan fingerprint density at radius 3 is 2.60 bits per heavy atom. The lowest BCUT2D eigenvalue weighted by Crippen LogP contribution is -2.21. The molecule has 0 amide bonds. The van der Waals surface area contributed by atoms with E-state index in [4.69, 9.17) is 0 Å². The molecule has 0 fully saturated rings. The summed E-state index contributed by atoms with van der Waals surface area (Å²) in [5.74, 6) is -1.53. The Morgan fingerprint density at radius 1 is 1.20 bits per heavy atom. The lowest BCUT2D eigenvalue weighted by molar-refractivity contribution is 0.476. The normalized spacial score (nSPS) is 25.5. The topological polar surface area (TPSA) is 0 Å². The van der Waals surface area contributed by atoms with Gasteiger partial charge in [-0.3, -0.25) is 0 Å². The minimum atomic E-state index is -0.776. The van der Waals surface area contributed by atoms with Gasteiger partial charge in [-0.25, -0.2) is 8.78 Å². The van der Waals surface area contributed by atoms with Gasteiger partial charge in [0.1, 0.15) is 0 Å². The summed E-state index contributed by atoms with van der Waals surface area (Å²) in [7, 11) is 0. The highest BCUT2D eigenvalue weighted by atomic mass is 19.2. The number of hydrogen-bond acceptors (Lipinski definition) is 0. The fourth-order valence-corrected chi connectivity index (χ4v) is 2.11. The highest BCUT2D eigenvalue weighted by Gasteiger charge is 2.25. The van der Waals surface area contributed by atoms with Crippen molar-refractivity contribution in [2.45, 2.75) is 31.6 Å². The summed E-state index contributed by atoms with van der Waals surface area (Å²) < 4.78 is 25.9. The van der Waals surface area contributed by atoms with Crippen molar-refractivity contribution < 1.29 is 8.78 Å². The molecule has 1 aromatic rings. The fourth-order valence-electron chi connectivity index (χ4n) is 2.11. The van der Waals surface area contributed by atoms with Gasteiger partial charge in [0.05, 0.1) is 0 Å². The largest absolute Gasteiger partial charge is 0.204 e. The second-order valence-corrected chi connectivity index (χ2v) is 4.34. The van der Waals surface area contributed by atoms with Crippen molar-refractivity contribution in [1.82, 2.24) is 0 Å². The molecule has 80 valence electrons. The molecule has 0 nitrogen and oxygen atoms in total. The fraction of sp³-hybridized carbons (Fsp3) is 0.385. The van der Waals surface area contributed by atoms with Crippen LogP contribution in [0.3, 0.4) is 0 Å². The first-order valence-corrected chi connectivity index (χ1v) is 5.25. The molecule has 2 rings (SSSR count). The lowest BCUT2D eigenvalue weighted by Gasteiger charge is -2.29. The molecule has 0 aromatic heterocycles. The SMILES string of the molecule is C[C@]1(c2ccc(F)c(F)c2)C=CCCC1. The zero-order valence-electron chi connectivity index (χ0n) is 8.76. The van der Waals surface area contributed by atoms with Crippen LogP contribution in [-0.2, 0) is 5.41 Å². The van der Waals surface area contributed by atoms with E-state index in [0.717, 1.165) is 24.8 Å². The van der Waals surface area contributed by atoms with Crippen molar-refractivity contribution in [2.75, 3.05) is 0 Å². The van der Waals surface area contributed by atoms with Crippen molar-refractivity contribution in [3.63, 3.8) is 0 Å². The molecule has 0 unspecified atom stereocenters. The van der Waals surface area contributed by atoms with Gasteiger partial charge in [-0.15, -0.1) is 0 Å². The van der Waals surface area contributed by atoms with Gasteiger partial charge in [0, 0.05) is 5.41 Å². The van der Waals surface area contributed by atoms with Crippen LogP contribution in [0.4, 0.5) is 8.78 Å². The predicted octanol–water partition coefficient (Wildman–Crippen LogP) is 3.96. The van der Waals surface area contributed by atoms with E-state index in [1.54, 1.807) is 6.07 Å². The minimum absolute atomic E-state index is 0.132. The Balaban J connectivity index is 2.40. The first kappa shape index (κ1) is 10.3. The lowest BCUT2D eigenvalue weighted by atomic mass is 9.75. The number of allylic oxidation sites excluding steroid dienone is 2. The van der Waals surface area contributed by atoms with E-state index in [2.05, 4.69) is 19.1 Å².